The van der Waals surface area contributed by atoms with E-state index >= 15 is 0 Å². The maximum Gasteiger partial charge on any atom is 0.0762 e. The summed E-state index contributed by atoms with van der Waals surface area (Å²) in [6.07, 6.45) is 8.47. The second-order valence-corrected chi connectivity index (χ2v) is 4.31. The van der Waals surface area contributed by atoms with Crippen molar-refractivity contribution in [3.63, 3.8) is 0 Å². The second-order valence-electron chi connectivity index (χ2n) is 4.31. The summed E-state index contributed by atoms with van der Waals surface area (Å²) in [6.45, 7) is 7.46. The number of rotatable bonds is 9. The molecule has 92 valence electrons. The predicted octanol–water partition coefficient (Wildman–Crippen LogP) is 2.96. The van der Waals surface area contributed by atoms with Crippen molar-refractivity contribution >= 4 is 0 Å². The first-order chi connectivity index (χ1) is 7.86. The highest BCUT2D eigenvalue weighted by Gasteiger charge is 1.98. The van der Waals surface area contributed by atoms with E-state index in [2.05, 4.69) is 41.2 Å². The zero-order valence-electron chi connectivity index (χ0n) is 10.7. The summed E-state index contributed by atoms with van der Waals surface area (Å²) in [5, 5.41) is 7.90. The van der Waals surface area contributed by atoms with E-state index in [0.717, 1.165) is 25.3 Å². The summed E-state index contributed by atoms with van der Waals surface area (Å²) in [5.74, 6) is 0. The van der Waals surface area contributed by atoms with Crippen molar-refractivity contribution in [2.75, 3.05) is 6.54 Å². The lowest BCUT2D eigenvalue weighted by atomic mass is 10.2. The smallest absolute Gasteiger partial charge is 0.0762 e. The van der Waals surface area contributed by atoms with Crippen LogP contribution in [0.15, 0.2) is 12.3 Å². The highest BCUT2D eigenvalue weighted by atomic mass is 15.3. The van der Waals surface area contributed by atoms with Crippen LogP contribution in [0.3, 0.4) is 0 Å². The van der Waals surface area contributed by atoms with Crippen molar-refractivity contribution in [2.24, 2.45) is 0 Å². The Bertz CT molecular complexity index is 268. The Morgan fingerprint density at radius 2 is 2.06 bits per heavy atom. The molecule has 0 amide bonds. The molecule has 1 rings (SSSR count). The zero-order chi connectivity index (χ0) is 11.6. The number of hydrogen-bond donors (Lipinski definition) is 1. The molecule has 0 fully saturated rings. The van der Waals surface area contributed by atoms with Crippen LogP contribution in [0.4, 0.5) is 0 Å². The molecular weight excluding hydrogens is 198 g/mol. The van der Waals surface area contributed by atoms with Crippen molar-refractivity contribution in [3.05, 3.63) is 18.0 Å². The molecule has 0 saturated heterocycles. The Hall–Kier alpha value is -0.830. The van der Waals surface area contributed by atoms with Gasteiger partial charge in [-0.15, -0.1) is 0 Å². The first-order valence-corrected chi connectivity index (χ1v) is 6.59. The lowest BCUT2D eigenvalue weighted by Crippen LogP contribution is -2.14. The molecule has 0 aliphatic heterocycles. The monoisotopic (exact) mass is 223 g/mol. The molecule has 3 heteroatoms. The average molecular weight is 223 g/mol. The second kappa shape index (κ2) is 8.34. The van der Waals surface area contributed by atoms with Crippen LogP contribution in [0.5, 0.6) is 0 Å². The van der Waals surface area contributed by atoms with Crippen molar-refractivity contribution in [1.29, 1.82) is 0 Å². The summed E-state index contributed by atoms with van der Waals surface area (Å²) in [5.41, 5.74) is 1.16. The Labute approximate surface area is 99.2 Å². The van der Waals surface area contributed by atoms with Crippen LogP contribution < -0.4 is 5.32 Å². The Kier molecular flexibility index (Phi) is 6.90. The summed E-state index contributed by atoms with van der Waals surface area (Å²) < 4.78 is 2.07. The van der Waals surface area contributed by atoms with Crippen molar-refractivity contribution < 1.29 is 0 Å². The van der Waals surface area contributed by atoms with Crippen LogP contribution in [-0.2, 0) is 13.1 Å². The van der Waals surface area contributed by atoms with E-state index in [9.17, 15) is 0 Å². The molecule has 0 spiro atoms. The molecule has 0 saturated carbocycles. The number of nitrogens with zero attached hydrogens (tertiary/aromatic N) is 2. The third-order valence-electron chi connectivity index (χ3n) is 2.67. The van der Waals surface area contributed by atoms with Gasteiger partial charge in [0.25, 0.3) is 0 Å². The van der Waals surface area contributed by atoms with Gasteiger partial charge in [-0.3, -0.25) is 4.68 Å². The highest BCUT2D eigenvalue weighted by Crippen LogP contribution is 2.02. The van der Waals surface area contributed by atoms with Gasteiger partial charge in [0.15, 0.2) is 0 Å². The molecular formula is C13H25N3. The average Bonchev–Trinajstić information content (AvgIpc) is 2.73. The van der Waals surface area contributed by atoms with Gasteiger partial charge in [0, 0.05) is 19.3 Å². The summed E-state index contributed by atoms with van der Waals surface area (Å²) in [4.78, 5) is 0. The molecule has 0 aliphatic rings. The van der Waals surface area contributed by atoms with Gasteiger partial charge in [-0.25, -0.2) is 0 Å². The van der Waals surface area contributed by atoms with Crippen LogP contribution in [0.1, 0.15) is 51.6 Å². The molecule has 0 aliphatic carbocycles. The molecule has 0 atom stereocenters. The third-order valence-corrected chi connectivity index (χ3v) is 2.67. The number of nitrogens with one attached hydrogen (secondary N) is 1. The summed E-state index contributed by atoms with van der Waals surface area (Å²) >= 11 is 0. The number of unbranched alkanes of at least 4 members (excludes halogenated alkanes) is 3. The molecule has 1 heterocycles. The summed E-state index contributed by atoms with van der Waals surface area (Å²) in [6, 6.07) is 2.11. The number of hydrogen-bond acceptors (Lipinski definition) is 2. The van der Waals surface area contributed by atoms with Gasteiger partial charge < -0.3 is 5.32 Å². The molecule has 0 bridgehead atoms. The molecule has 1 aromatic heterocycles. The van der Waals surface area contributed by atoms with Crippen molar-refractivity contribution in [2.45, 2.75) is 59.0 Å². The molecule has 1 N–H and O–H groups in total. The first-order valence-electron chi connectivity index (χ1n) is 6.59. The van der Waals surface area contributed by atoms with E-state index < -0.39 is 0 Å². The quantitative estimate of drug-likeness (QED) is 0.652. The largest absolute Gasteiger partial charge is 0.311 e. The van der Waals surface area contributed by atoms with Gasteiger partial charge in [0.05, 0.1) is 5.69 Å². The van der Waals surface area contributed by atoms with Gasteiger partial charge in [0.1, 0.15) is 0 Å². The predicted molar refractivity (Wildman–Crippen MR) is 68.4 cm³/mol. The van der Waals surface area contributed by atoms with Gasteiger partial charge >= 0.3 is 0 Å². The van der Waals surface area contributed by atoms with Crippen LogP contribution in [0.25, 0.3) is 0 Å². The standard InChI is InChI=1S/C13H25N3/c1-3-5-6-7-10-16-11-8-13(15-16)12-14-9-4-2/h8,11,14H,3-7,9-10,12H2,1-2H3. The van der Waals surface area contributed by atoms with Gasteiger partial charge in [0.2, 0.25) is 0 Å². The SMILES string of the molecule is CCCCCCn1ccc(CNCCC)n1. The Morgan fingerprint density at radius 1 is 1.19 bits per heavy atom. The number of aromatic nitrogens is 2. The Balaban J connectivity index is 2.17. The van der Waals surface area contributed by atoms with E-state index in [1.807, 2.05) is 0 Å². The van der Waals surface area contributed by atoms with Crippen molar-refractivity contribution in [1.82, 2.24) is 15.1 Å². The Morgan fingerprint density at radius 3 is 2.81 bits per heavy atom. The maximum absolute atomic E-state index is 4.53. The lowest BCUT2D eigenvalue weighted by Gasteiger charge is -2.01. The van der Waals surface area contributed by atoms with Crippen LogP contribution in [0.2, 0.25) is 0 Å². The molecule has 16 heavy (non-hydrogen) atoms. The topological polar surface area (TPSA) is 29.9 Å². The highest BCUT2D eigenvalue weighted by molar-refractivity contribution is 4.98. The van der Waals surface area contributed by atoms with Crippen LogP contribution in [0, 0.1) is 0 Å². The van der Waals surface area contributed by atoms with E-state index in [-0.39, 0.29) is 0 Å². The minimum absolute atomic E-state index is 0.899. The van der Waals surface area contributed by atoms with Gasteiger partial charge in [-0.2, -0.15) is 5.10 Å². The molecule has 0 unspecified atom stereocenters. The van der Waals surface area contributed by atoms with Gasteiger partial charge in [-0.05, 0) is 25.5 Å². The van der Waals surface area contributed by atoms with Crippen LogP contribution >= 0.6 is 0 Å². The maximum atomic E-state index is 4.53. The molecule has 3 nitrogen and oxygen atoms in total. The van der Waals surface area contributed by atoms with E-state index in [1.165, 1.54) is 32.1 Å². The zero-order valence-corrected chi connectivity index (χ0v) is 10.7. The van der Waals surface area contributed by atoms with E-state index in [4.69, 9.17) is 0 Å². The molecule has 0 radical (unpaired) electrons. The van der Waals surface area contributed by atoms with Gasteiger partial charge in [-0.1, -0.05) is 33.1 Å². The third kappa shape index (κ3) is 5.31. The van der Waals surface area contributed by atoms with Crippen LogP contribution in [-0.4, -0.2) is 16.3 Å². The summed E-state index contributed by atoms with van der Waals surface area (Å²) in [7, 11) is 0. The first kappa shape index (κ1) is 13.2. The lowest BCUT2D eigenvalue weighted by molar-refractivity contribution is 0.533. The fourth-order valence-electron chi connectivity index (χ4n) is 1.72. The minimum atomic E-state index is 0.899. The van der Waals surface area contributed by atoms with E-state index in [0.29, 0.717) is 0 Å². The minimum Gasteiger partial charge on any atom is -0.311 e. The van der Waals surface area contributed by atoms with E-state index in [1.54, 1.807) is 0 Å². The molecule has 1 aromatic rings. The fraction of sp³-hybridized carbons (Fsp3) is 0.769. The van der Waals surface area contributed by atoms with Crippen molar-refractivity contribution in [3.8, 4) is 0 Å². The number of aryl methyl sites for hydroxylation is 1. The molecule has 0 aromatic carbocycles. The fourth-order valence-corrected chi connectivity index (χ4v) is 1.72. The normalized spacial score (nSPS) is 10.9.